The van der Waals surface area contributed by atoms with Gasteiger partial charge in [0.25, 0.3) is 0 Å². The Kier molecular flexibility index (Phi) is 5.47. The lowest BCUT2D eigenvalue weighted by Crippen LogP contribution is -2.53. The number of nitrogens with zero attached hydrogens (tertiary/aromatic N) is 1. The molecule has 3 heterocycles. The van der Waals surface area contributed by atoms with Crippen LogP contribution in [0.2, 0.25) is 5.02 Å². The second kappa shape index (κ2) is 8.57. The van der Waals surface area contributed by atoms with E-state index >= 15 is 0 Å². The average Bonchev–Trinajstić information content (AvgIpc) is 3.44. The van der Waals surface area contributed by atoms with Crippen LogP contribution in [0.4, 0.5) is 5.69 Å². The van der Waals surface area contributed by atoms with Crippen LogP contribution in [-0.4, -0.2) is 35.2 Å². The molecular weight excluding hydrogens is 474 g/mol. The maximum Gasteiger partial charge on any atom is 0.250 e. The molecule has 3 aliphatic heterocycles. The Bertz CT molecular complexity index is 1380. The molecule has 3 aliphatic rings. The first-order valence-corrected chi connectivity index (χ1v) is 12.6. The minimum Gasteiger partial charge on any atom is -0.323 e. The predicted molar refractivity (Wildman–Crippen MR) is 137 cm³/mol. The van der Waals surface area contributed by atoms with Gasteiger partial charge in [-0.25, -0.2) is 0 Å². The average molecular weight is 500 g/mol. The number of halogens is 1. The number of likely N-dealkylation sites (tertiary alicyclic amines) is 1. The Labute approximate surface area is 214 Å². The number of hydrogen-bond donors (Lipinski definition) is 2. The molecule has 0 aliphatic carbocycles. The van der Waals surface area contributed by atoms with Crippen LogP contribution in [0.15, 0.2) is 72.8 Å². The number of carbonyl (C=O) groups is 3. The Morgan fingerprint density at radius 3 is 2.28 bits per heavy atom. The molecule has 6 rings (SSSR count). The third-order valence-corrected chi connectivity index (χ3v) is 8.07. The van der Waals surface area contributed by atoms with Gasteiger partial charge in [0.1, 0.15) is 5.54 Å². The van der Waals surface area contributed by atoms with Gasteiger partial charge in [-0.2, -0.15) is 0 Å². The largest absolute Gasteiger partial charge is 0.323 e. The quantitative estimate of drug-likeness (QED) is 0.523. The number of carbonyl (C=O) groups excluding carboxylic acids is 3. The molecule has 0 radical (unpaired) electrons. The first kappa shape index (κ1) is 23.0. The Balaban J connectivity index is 1.42. The lowest BCUT2D eigenvalue weighted by molar-refractivity contribution is -0.142. The van der Waals surface area contributed by atoms with E-state index in [9.17, 15) is 14.4 Å². The first-order chi connectivity index (χ1) is 17.4. The van der Waals surface area contributed by atoms with Crippen LogP contribution in [0.5, 0.6) is 0 Å². The maximum absolute atomic E-state index is 14.0. The van der Waals surface area contributed by atoms with Crippen molar-refractivity contribution in [1.29, 1.82) is 0 Å². The Morgan fingerprint density at radius 2 is 1.58 bits per heavy atom. The molecule has 0 unspecified atom stereocenters. The molecule has 7 heteroatoms. The van der Waals surface area contributed by atoms with Crippen molar-refractivity contribution < 1.29 is 14.4 Å². The number of amides is 3. The molecule has 0 saturated carbocycles. The number of anilines is 1. The van der Waals surface area contributed by atoms with Gasteiger partial charge in [0.05, 0.1) is 22.5 Å². The summed E-state index contributed by atoms with van der Waals surface area (Å²) in [7, 11) is 0. The monoisotopic (exact) mass is 499 g/mol. The van der Waals surface area contributed by atoms with Crippen LogP contribution in [-0.2, 0) is 32.8 Å². The number of rotatable bonds is 5. The van der Waals surface area contributed by atoms with Crippen LogP contribution in [0, 0.1) is 18.8 Å². The smallest absolute Gasteiger partial charge is 0.250 e. The lowest BCUT2D eigenvalue weighted by atomic mass is 9.76. The molecule has 3 aromatic rings. The molecule has 0 aromatic heterocycles. The SMILES string of the molecule is Cc1cc(Cl)c2c(c1)[C@]1(N[C@H](Cc3ccccc3)[C@H]3C(=O)N(CCc4ccccc4)C(=O)[C@H]31)C(=O)N2. The normalized spacial score (nSPS) is 26.4. The standard InChI is InChI=1S/C29H26ClN3O3/c1-17-14-20-25(21(30)15-17)31-28(36)29(20)24-23(22(32-29)16-19-10-6-3-7-11-19)26(34)33(27(24)35)13-12-18-8-4-2-5-9-18/h2-11,14-15,22-24,32H,12-13,16H2,1H3,(H,31,36)/t22-,23-,24+,29-/m1/s1. The maximum atomic E-state index is 14.0. The molecule has 36 heavy (non-hydrogen) atoms. The van der Waals surface area contributed by atoms with Gasteiger partial charge in [-0.1, -0.05) is 78.3 Å². The van der Waals surface area contributed by atoms with E-state index in [4.69, 9.17) is 11.6 Å². The summed E-state index contributed by atoms with van der Waals surface area (Å²) in [5, 5.41) is 6.84. The summed E-state index contributed by atoms with van der Waals surface area (Å²) in [6.07, 6.45) is 1.09. The van der Waals surface area contributed by atoms with Gasteiger partial charge in [-0.05, 0) is 42.5 Å². The fourth-order valence-corrected chi connectivity index (χ4v) is 6.52. The highest BCUT2D eigenvalue weighted by Crippen LogP contribution is 2.54. The summed E-state index contributed by atoms with van der Waals surface area (Å²) >= 11 is 6.52. The number of hydrogen-bond acceptors (Lipinski definition) is 4. The van der Waals surface area contributed by atoms with Crippen molar-refractivity contribution in [2.45, 2.75) is 31.3 Å². The van der Waals surface area contributed by atoms with Crippen molar-refractivity contribution >= 4 is 35.0 Å². The molecule has 182 valence electrons. The van der Waals surface area contributed by atoms with E-state index in [2.05, 4.69) is 10.6 Å². The van der Waals surface area contributed by atoms with E-state index in [1.54, 1.807) is 6.07 Å². The van der Waals surface area contributed by atoms with Crippen LogP contribution in [0.3, 0.4) is 0 Å². The molecule has 4 atom stereocenters. The highest BCUT2D eigenvalue weighted by Gasteiger charge is 2.70. The van der Waals surface area contributed by atoms with E-state index in [1.165, 1.54) is 4.90 Å². The number of imide groups is 1. The van der Waals surface area contributed by atoms with E-state index in [0.717, 1.165) is 16.7 Å². The topological polar surface area (TPSA) is 78.5 Å². The second-order valence-electron chi connectivity index (χ2n) is 9.94. The van der Waals surface area contributed by atoms with Crippen molar-refractivity contribution in [2.75, 3.05) is 11.9 Å². The Morgan fingerprint density at radius 1 is 0.917 bits per heavy atom. The van der Waals surface area contributed by atoms with Crippen molar-refractivity contribution in [3.8, 4) is 0 Å². The van der Waals surface area contributed by atoms with E-state index < -0.39 is 17.4 Å². The summed E-state index contributed by atoms with van der Waals surface area (Å²) < 4.78 is 0. The van der Waals surface area contributed by atoms with Crippen molar-refractivity contribution in [3.05, 3.63) is 100 Å². The number of nitrogens with one attached hydrogen (secondary N) is 2. The highest BCUT2D eigenvalue weighted by molar-refractivity contribution is 6.35. The number of fused-ring (bicyclic) bond motifs is 4. The lowest BCUT2D eigenvalue weighted by Gasteiger charge is -2.30. The van der Waals surface area contributed by atoms with E-state index in [-0.39, 0.29) is 30.3 Å². The summed E-state index contributed by atoms with van der Waals surface area (Å²) in [4.78, 5) is 42.8. The first-order valence-electron chi connectivity index (χ1n) is 12.2. The predicted octanol–water partition coefficient (Wildman–Crippen LogP) is 3.85. The molecule has 1 spiro atoms. The van der Waals surface area contributed by atoms with E-state index in [0.29, 0.717) is 29.1 Å². The summed E-state index contributed by atoms with van der Waals surface area (Å²) in [5.74, 6) is -2.34. The summed E-state index contributed by atoms with van der Waals surface area (Å²) in [5.41, 5.74) is 2.79. The van der Waals surface area contributed by atoms with Gasteiger partial charge in [-0.3, -0.25) is 24.6 Å². The zero-order valence-electron chi connectivity index (χ0n) is 19.8. The third kappa shape index (κ3) is 3.39. The molecule has 3 aromatic carbocycles. The van der Waals surface area contributed by atoms with Gasteiger partial charge in [0.2, 0.25) is 17.7 Å². The van der Waals surface area contributed by atoms with Crippen LogP contribution in [0.25, 0.3) is 0 Å². The van der Waals surface area contributed by atoms with Gasteiger partial charge < -0.3 is 5.32 Å². The molecule has 2 fully saturated rings. The number of benzene rings is 3. The van der Waals surface area contributed by atoms with Crippen molar-refractivity contribution in [3.63, 3.8) is 0 Å². The minimum absolute atomic E-state index is 0.216. The van der Waals surface area contributed by atoms with Gasteiger partial charge in [0, 0.05) is 18.2 Å². The number of aryl methyl sites for hydroxylation is 1. The summed E-state index contributed by atoms with van der Waals surface area (Å²) in [6.45, 7) is 2.19. The van der Waals surface area contributed by atoms with Crippen molar-refractivity contribution in [2.24, 2.45) is 11.8 Å². The fourth-order valence-electron chi connectivity index (χ4n) is 6.20. The molecule has 2 N–H and O–H groups in total. The van der Waals surface area contributed by atoms with Gasteiger partial charge >= 0.3 is 0 Å². The summed E-state index contributed by atoms with van der Waals surface area (Å²) in [6, 6.07) is 22.9. The third-order valence-electron chi connectivity index (χ3n) is 7.78. The highest BCUT2D eigenvalue weighted by atomic mass is 35.5. The Hall–Kier alpha value is -3.48. The van der Waals surface area contributed by atoms with E-state index in [1.807, 2.05) is 73.7 Å². The van der Waals surface area contributed by atoms with Crippen LogP contribution < -0.4 is 10.6 Å². The van der Waals surface area contributed by atoms with Gasteiger partial charge in [0.15, 0.2) is 0 Å². The molecule has 3 amide bonds. The minimum atomic E-state index is -1.34. The van der Waals surface area contributed by atoms with Crippen LogP contribution in [0.1, 0.15) is 22.3 Å². The second-order valence-corrected chi connectivity index (χ2v) is 10.3. The van der Waals surface area contributed by atoms with Crippen molar-refractivity contribution in [1.82, 2.24) is 10.2 Å². The molecule has 6 nitrogen and oxygen atoms in total. The molecule has 2 saturated heterocycles. The zero-order valence-corrected chi connectivity index (χ0v) is 20.6. The van der Waals surface area contributed by atoms with Gasteiger partial charge in [-0.15, -0.1) is 0 Å². The molecular formula is C29H26ClN3O3. The van der Waals surface area contributed by atoms with Crippen LogP contribution >= 0.6 is 11.6 Å². The molecule has 0 bridgehead atoms. The fraction of sp³-hybridized carbons (Fsp3) is 0.276. The zero-order chi connectivity index (χ0) is 25.0.